The quantitative estimate of drug-likeness (QED) is 0.264. The van der Waals surface area contributed by atoms with Crippen LogP contribution in [0, 0.1) is 28.6 Å². The molecule has 9 atom stereocenters. The van der Waals surface area contributed by atoms with E-state index in [0.29, 0.717) is 11.8 Å². The molecule has 4 aliphatic carbocycles. The van der Waals surface area contributed by atoms with Crippen molar-refractivity contribution < 1.29 is 14.0 Å². The molecule has 0 amide bonds. The summed E-state index contributed by atoms with van der Waals surface area (Å²) in [5.41, 5.74) is -0.781. The van der Waals surface area contributed by atoms with E-state index >= 15 is 0 Å². The first-order chi connectivity index (χ1) is 16.9. The third kappa shape index (κ3) is 4.87. The predicted molar refractivity (Wildman–Crippen MR) is 167 cm³/mol. The molecule has 0 aromatic heterocycles. The number of hydrogen-bond donors (Lipinski definition) is 1. The Balaban J connectivity index is 1.60. The summed E-state index contributed by atoms with van der Waals surface area (Å²) in [6, 6.07) is 0. The van der Waals surface area contributed by atoms with Crippen LogP contribution in [0.15, 0.2) is 0 Å². The summed E-state index contributed by atoms with van der Waals surface area (Å²) < 4.78 is 14.1. The molecule has 0 radical (unpaired) electrons. The highest BCUT2D eigenvalue weighted by Crippen LogP contribution is 2.71. The van der Waals surface area contributed by atoms with E-state index in [4.69, 9.17) is 20.5 Å². The Bertz CT molecular complexity index is 905. The molecule has 4 rings (SSSR count). The van der Waals surface area contributed by atoms with E-state index in [1.807, 2.05) is 0 Å². The second kappa shape index (κ2) is 9.30. The number of alkyl halides is 1. The lowest BCUT2D eigenvalue weighted by Crippen LogP contribution is -2.68. The van der Waals surface area contributed by atoms with E-state index in [-0.39, 0.29) is 43.9 Å². The Morgan fingerprint density at radius 1 is 0.789 bits per heavy atom. The Hall–Kier alpha value is 0.604. The fraction of sp³-hybridized carbons (Fsp3) is 1.00. The molecule has 0 aliphatic heterocycles. The highest BCUT2D eigenvalue weighted by Gasteiger charge is 2.70. The largest absolute Gasteiger partial charge is 0.414 e. The molecule has 1 N–H and O–H groups in total. The third-order valence-corrected chi connectivity index (χ3v) is 23.1. The number of hydrogen-bond acceptors (Lipinski definition) is 3. The van der Waals surface area contributed by atoms with Crippen molar-refractivity contribution in [1.82, 2.24) is 0 Å². The van der Waals surface area contributed by atoms with E-state index < -0.39 is 22.2 Å². The van der Waals surface area contributed by atoms with Gasteiger partial charge in [0.15, 0.2) is 16.6 Å². The van der Waals surface area contributed by atoms with Crippen molar-refractivity contribution in [1.29, 1.82) is 0 Å². The van der Waals surface area contributed by atoms with Gasteiger partial charge in [0.25, 0.3) is 0 Å². The van der Waals surface area contributed by atoms with Gasteiger partial charge in [0, 0.05) is 6.10 Å². The van der Waals surface area contributed by atoms with E-state index in [1.165, 1.54) is 6.42 Å². The topological polar surface area (TPSA) is 38.7 Å². The summed E-state index contributed by atoms with van der Waals surface area (Å²) in [6.45, 7) is 30.6. The van der Waals surface area contributed by atoms with Crippen LogP contribution in [0.25, 0.3) is 0 Å². The lowest BCUT2D eigenvalue weighted by molar-refractivity contribution is -0.216. The smallest absolute Gasteiger partial charge is 0.192 e. The molecular formula is C32H61ClO3Si2. The zero-order chi connectivity index (χ0) is 29.0. The van der Waals surface area contributed by atoms with Gasteiger partial charge in [-0.05, 0) is 123 Å². The highest BCUT2D eigenvalue weighted by molar-refractivity contribution is 6.74. The third-order valence-electron chi connectivity index (χ3n) is 13.3. The molecule has 0 heterocycles. The molecule has 0 spiro atoms. The van der Waals surface area contributed by atoms with Crippen LogP contribution in [0.5, 0.6) is 0 Å². The van der Waals surface area contributed by atoms with Gasteiger partial charge in [0.05, 0.1) is 16.6 Å². The van der Waals surface area contributed by atoms with Crippen molar-refractivity contribution in [2.24, 2.45) is 28.6 Å². The van der Waals surface area contributed by atoms with Gasteiger partial charge in [-0.1, -0.05) is 55.4 Å². The molecule has 0 unspecified atom stereocenters. The number of aliphatic hydroxyl groups is 1. The minimum absolute atomic E-state index is 0.0332. The van der Waals surface area contributed by atoms with Gasteiger partial charge in [0.1, 0.15) is 0 Å². The highest BCUT2D eigenvalue weighted by atomic mass is 35.5. The maximum Gasteiger partial charge on any atom is 0.192 e. The minimum atomic E-state index is -1.89. The molecule has 0 saturated heterocycles. The van der Waals surface area contributed by atoms with Crippen molar-refractivity contribution in [3.63, 3.8) is 0 Å². The van der Waals surface area contributed by atoms with Crippen molar-refractivity contribution in [2.75, 3.05) is 0 Å². The molecule has 0 aromatic rings. The molecule has 4 saturated carbocycles. The van der Waals surface area contributed by atoms with Gasteiger partial charge in [0.2, 0.25) is 0 Å². The Morgan fingerprint density at radius 2 is 1.34 bits per heavy atom. The van der Waals surface area contributed by atoms with Gasteiger partial charge in [-0.15, -0.1) is 11.6 Å². The number of rotatable bonds is 4. The van der Waals surface area contributed by atoms with Crippen molar-refractivity contribution >= 4 is 28.2 Å². The van der Waals surface area contributed by atoms with Gasteiger partial charge in [-0.2, -0.15) is 0 Å². The Morgan fingerprint density at radius 3 is 1.89 bits per heavy atom. The molecule has 0 aromatic carbocycles. The SMILES string of the molecule is CC(C)(C)[Si](C)(C)O[C@H]1CC[C@]2(C)[C@@H]3[C@@H](CC[C@@]2(Cl)C1)[C@@H]1CC[C@H](O[Si](C)(C)C(C)(C)C)[C@@]1(C)C[C@]3(C)O. The first kappa shape index (κ1) is 31.5. The van der Waals surface area contributed by atoms with Gasteiger partial charge in [-0.3, -0.25) is 0 Å². The maximum atomic E-state index is 12.4. The summed E-state index contributed by atoms with van der Waals surface area (Å²) in [6.07, 6.45) is 8.91. The standard InChI is InChI=1S/C32H61ClO3Si2/c1-27(2,3)37(10,11)35-22-16-18-30(8)26-23(17-19-32(30,33)20-22)24-14-15-25(29(24,7)21-31(26,9)34)36-38(12,13)28(4,5)6/h22-26,34H,14-21H2,1-13H3/t22-,23-,24-,25-,26-,29-,30+,31-,32+/m0/s1. The average Bonchev–Trinajstić information content (AvgIpc) is 3.00. The van der Waals surface area contributed by atoms with Crippen LogP contribution in [0.4, 0.5) is 0 Å². The molecule has 4 fully saturated rings. The zero-order valence-corrected chi connectivity index (χ0v) is 29.9. The van der Waals surface area contributed by atoms with E-state index in [9.17, 15) is 5.11 Å². The molecule has 222 valence electrons. The minimum Gasteiger partial charge on any atom is -0.414 e. The van der Waals surface area contributed by atoms with Gasteiger partial charge in [-0.25, -0.2) is 0 Å². The van der Waals surface area contributed by atoms with Crippen LogP contribution in [-0.2, 0) is 8.85 Å². The number of fused-ring (bicyclic) bond motifs is 5. The molecule has 6 heteroatoms. The summed E-state index contributed by atoms with van der Waals surface area (Å²) in [7, 11) is -3.75. The van der Waals surface area contributed by atoms with Crippen LogP contribution in [0.1, 0.15) is 114 Å². The molecule has 3 nitrogen and oxygen atoms in total. The van der Waals surface area contributed by atoms with E-state index in [2.05, 4.69) is 88.5 Å². The van der Waals surface area contributed by atoms with Crippen LogP contribution < -0.4 is 0 Å². The first-order valence-corrected chi connectivity index (χ1v) is 21.9. The summed E-state index contributed by atoms with van der Waals surface area (Å²) >= 11 is 7.75. The van der Waals surface area contributed by atoms with Crippen LogP contribution >= 0.6 is 11.6 Å². The van der Waals surface area contributed by atoms with Crippen molar-refractivity contribution in [2.45, 2.75) is 173 Å². The van der Waals surface area contributed by atoms with Crippen LogP contribution in [0.3, 0.4) is 0 Å². The lowest BCUT2D eigenvalue weighted by atomic mass is 9.41. The predicted octanol–water partition coefficient (Wildman–Crippen LogP) is 9.53. The molecule has 0 bridgehead atoms. The van der Waals surface area contributed by atoms with Gasteiger partial charge >= 0.3 is 0 Å². The second-order valence-electron chi connectivity index (χ2n) is 17.9. The van der Waals surface area contributed by atoms with Gasteiger partial charge < -0.3 is 14.0 Å². The Labute approximate surface area is 242 Å². The summed E-state index contributed by atoms with van der Waals surface area (Å²) in [4.78, 5) is -0.299. The monoisotopic (exact) mass is 584 g/mol. The molecule has 4 aliphatic rings. The van der Waals surface area contributed by atoms with Crippen LogP contribution in [-0.4, -0.2) is 44.4 Å². The Kier molecular flexibility index (Phi) is 7.72. The maximum absolute atomic E-state index is 12.4. The second-order valence-corrected chi connectivity index (χ2v) is 28.1. The van der Waals surface area contributed by atoms with Crippen molar-refractivity contribution in [3.8, 4) is 0 Å². The zero-order valence-electron chi connectivity index (χ0n) is 27.2. The fourth-order valence-electron chi connectivity index (χ4n) is 9.30. The van der Waals surface area contributed by atoms with E-state index in [1.54, 1.807) is 0 Å². The molecule has 38 heavy (non-hydrogen) atoms. The normalized spacial score (nSPS) is 46.3. The summed E-state index contributed by atoms with van der Waals surface area (Å²) in [5, 5.41) is 12.8. The van der Waals surface area contributed by atoms with E-state index in [0.717, 1.165) is 44.9 Å². The van der Waals surface area contributed by atoms with Crippen molar-refractivity contribution in [3.05, 3.63) is 0 Å². The average molecular weight is 585 g/mol. The van der Waals surface area contributed by atoms with Crippen LogP contribution in [0.2, 0.25) is 36.3 Å². The number of halogens is 1. The first-order valence-electron chi connectivity index (χ1n) is 15.7. The fourth-order valence-corrected chi connectivity index (χ4v) is 12.6. The molecular weight excluding hydrogens is 524 g/mol. The lowest BCUT2D eigenvalue weighted by Gasteiger charge is -2.68. The summed E-state index contributed by atoms with van der Waals surface area (Å²) in [5.74, 6) is 1.37.